The van der Waals surface area contributed by atoms with Crippen molar-refractivity contribution in [2.75, 3.05) is 5.32 Å². The molecule has 3 atom stereocenters. The molecule has 3 rings (SSSR count). The van der Waals surface area contributed by atoms with Gasteiger partial charge < -0.3 is 5.32 Å². The van der Waals surface area contributed by atoms with Crippen LogP contribution in [0.2, 0.25) is 5.02 Å². The van der Waals surface area contributed by atoms with Gasteiger partial charge in [-0.25, -0.2) is 0 Å². The first-order valence-corrected chi connectivity index (χ1v) is 7.05. The van der Waals surface area contributed by atoms with Gasteiger partial charge in [0.25, 0.3) is 0 Å². The van der Waals surface area contributed by atoms with Crippen LogP contribution in [-0.4, -0.2) is 5.91 Å². The Morgan fingerprint density at radius 1 is 1.37 bits per heavy atom. The van der Waals surface area contributed by atoms with Crippen molar-refractivity contribution in [1.29, 1.82) is 5.26 Å². The van der Waals surface area contributed by atoms with E-state index in [1.54, 1.807) is 18.2 Å². The van der Waals surface area contributed by atoms with Crippen molar-refractivity contribution < 1.29 is 4.79 Å². The molecule has 2 aliphatic rings. The monoisotopic (exact) mass is 274 g/mol. The quantitative estimate of drug-likeness (QED) is 0.896. The minimum absolute atomic E-state index is 0.0472. The van der Waals surface area contributed by atoms with Crippen LogP contribution in [0.3, 0.4) is 0 Å². The highest BCUT2D eigenvalue weighted by Crippen LogP contribution is 2.48. The number of hydrogen-bond acceptors (Lipinski definition) is 2. The zero-order chi connectivity index (χ0) is 13.4. The fraction of sp³-hybridized carbons (Fsp3) is 0.467. The summed E-state index contributed by atoms with van der Waals surface area (Å²) in [4.78, 5) is 12.3. The molecule has 1 aromatic rings. The van der Waals surface area contributed by atoms with Crippen molar-refractivity contribution in [3.05, 3.63) is 28.8 Å². The molecule has 98 valence electrons. The van der Waals surface area contributed by atoms with Crippen molar-refractivity contribution in [2.24, 2.45) is 17.8 Å². The summed E-state index contributed by atoms with van der Waals surface area (Å²) < 4.78 is 0. The molecule has 0 saturated heterocycles. The predicted molar refractivity (Wildman–Crippen MR) is 73.7 cm³/mol. The molecule has 2 bridgehead atoms. The molecule has 1 aromatic carbocycles. The molecule has 4 heteroatoms. The van der Waals surface area contributed by atoms with Gasteiger partial charge >= 0.3 is 0 Å². The van der Waals surface area contributed by atoms with E-state index in [1.165, 1.54) is 19.3 Å². The molecule has 3 unspecified atom stereocenters. The number of rotatable bonds is 2. The van der Waals surface area contributed by atoms with Gasteiger partial charge in [0.05, 0.1) is 11.3 Å². The first-order valence-electron chi connectivity index (χ1n) is 6.68. The van der Waals surface area contributed by atoms with E-state index in [9.17, 15) is 4.79 Å². The maximum absolute atomic E-state index is 12.3. The minimum Gasteiger partial charge on any atom is -0.325 e. The molecule has 3 nitrogen and oxygen atoms in total. The smallest absolute Gasteiger partial charge is 0.227 e. The number of nitriles is 1. The summed E-state index contributed by atoms with van der Waals surface area (Å²) in [5.41, 5.74) is 0.990. The van der Waals surface area contributed by atoms with Crippen LogP contribution in [-0.2, 0) is 4.79 Å². The number of nitrogens with zero attached hydrogens (tertiary/aromatic N) is 1. The van der Waals surface area contributed by atoms with E-state index in [0.717, 1.165) is 12.3 Å². The minimum atomic E-state index is 0.0472. The highest BCUT2D eigenvalue weighted by molar-refractivity contribution is 6.31. The zero-order valence-corrected chi connectivity index (χ0v) is 11.3. The first kappa shape index (κ1) is 12.5. The molecule has 0 heterocycles. The summed E-state index contributed by atoms with van der Waals surface area (Å²) >= 11 is 5.92. The number of nitrogens with one attached hydrogen (secondary N) is 1. The summed E-state index contributed by atoms with van der Waals surface area (Å²) in [6.07, 6.45) is 4.64. The summed E-state index contributed by atoms with van der Waals surface area (Å²) in [7, 11) is 0. The maximum atomic E-state index is 12.3. The second-order valence-electron chi connectivity index (χ2n) is 5.57. The molecule has 1 N–H and O–H groups in total. The Balaban J connectivity index is 1.76. The zero-order valence-electron chi connectivity index (χ0n) is 10.5. The van der Waals surface area contributed by atoms with Crippen LogP contribution in [0, 0.1) is 29.1 Å². The average Bonchev–Trinajstić information content (AvgIpc) is 3.01. The third kappa shape index (κ3) is 2.33. The van der Waals surface area contributed by atoms with Gasteiger partial charge in [0.15, 0.2) is 0 Å². The van der Waals surface area contributed by atoms with Gasteiger partial charge in [0, 0.05) is 10.9 Å². The number of fused-ring (bicyclic) bond motifs is 2. The molecule has 2 fully saturated rings. The fourth-order valence-electron chi connectivity index (χ4n) is 3.51. The van der Waals surface area contributed by atoms with Gasteiger partial charge in [-0.15, -0.1) is 0 Å². The number of amides is 1. The van der Waals surface area contributed by atoms with Crippen molar-refractivity contribution in [3.63, 3.8) is 0 Å². The second kappa shape index (κ2) is 4.86. The van der Waals surface area contributed by atoms with Crippen LogP contribution in [0.15, 0.2) is 18.2 Å². The molecule has 0 aromatic heterocycles. The van der Waals surface area contributed by atoms with Gasteiger partial charge in [-0.1, -0.05) is 18.0 Å². The largest absolute Gasteiger partial charge is 0.325 e. The van der Waals surface area contributed by atoms with Crippen molar-refractivity contribution >= 4 is 23.2 Å². The fourth-order valence-corrected chi connectivity index (χ4v) is 3.68. The van der Waals surface area contributed by atoms with Crippen LogP contribution >= 0.6 is 11.6 Å². The Labute approximate surface area is 117 Å². The van der Waals surface area contributed by atoms with Gasteiger partial charge in [0.2, 0.25) is 5.91 Å². The highest BCUT2D eigenvalue weighted by atomic mass is 35.5. The standard InChI is InChI=1S/C15H15ClN2O/c16-12-4-3-11(8-17)14(7-12)18-15(19)13-6-9-1-2-10(13)5-9/h3-4,7,9-10,13H,1-2,5-6H2,(H,18,19). The number of halogens is 1. The molecule has 2 aliphatic carbocycles. The predicted octanol–water partition coefficient (Wildman–Crippen LogP) is 3.59. The van der Waals surface area contributed by atoms with Gasteiger partial charge in [-0.2, -0.15) is 5.26 Å². The average molecular weight is 275 g/mol. The molecule has 1 amide bonds. The van der Waals surface area contributed by atoms with Crippen molar-refractivity contribution in [3.8, 4) is 6.07 Å². The van der Waals surface area contributed by atoms with E-state index in [4.69, 9.17) is 16.9 Å². The van der Waals surface area contributed by atoms with Crippen molar-refractivity contribution in [2.45, 2.75) is 25.7 Å². The Kier molecular flexibility index (Phi) is 3.20. The van der Waals surface area contributed by atoms with Crippen LogP contribution < -0.4 is 5.32 Å². The van der Waals surface area contributed by atoms with Gasteiger partial charge in [0.1, 0.15) is 6.07 Å². The lowest BCUT2D eigenvalue weighted by molar-refractivity contribution is -0.121. The Morgan fingerprint density at radius 3 is 2.84 bits per heavy atom. The normalized spacial score (nSPS) is 28.1. The molecule has 0 radical (unpaired) electrons. The topological polar surface area (TPSA) is 52.9 Å². The number of carbonyl (C=O) groups is 1. The Morgan fingerprint density at radius 2 is 2.21 bits per heavy atom. The van der Waals surface area contributed by atoms with Crippen LogP contribution in [0.4, 0.5) is 5.69 Å². The van der Waals surface area contributed by atoms with E-state index in [1.807, 2.05) is 0 Å². The summed E-state index contributed by atoms with van der Waals surface area (Å²) in [6, 6.07) is 7.02. The third-order valence-electron chi connectivity index (χ3n) is 4.43. The molecule has 19 heavy (non-hydrogen) atoms. The lowest BCUT2D eigenvalue weighted by atomic mass is 9.88. The highest BCUT2D eigenvalue weighted by Gasteiger charge is 2.43. The van der Waals surface area contributed by atoms with E-state index >= 15 is 0 Å². The van der Waals surface area contributed by atoms with Crippen LogP contribution in [0.25, 0.3) is 0 Å². The lowest BCUT2D eigenvalue weighted by Crippen LogP contribution is -2.27. The Bertz CT molecular complexity index is 564. The third-order valence-corrected chi connectivity index (χ3v) is 4.67. The van der Waals surface area contributed by atoms with Crippen LogP contribution in [0.1, 0.15) is 31.2 Å². The summed E-state index contributed by atoms with van der Waals surface area (Å²) in [5.74, 6) is 1.43. The van der Waals surface area contributed by atoms with Gasteiger partial charge in [-0.3, -0.25) is 4.79 Å². The molecule has 0 aliphatic heterocycles. The van der Waals surface area contributed by atoms with E-state index in [-0.39, 0.29) is 11.8 Å². The Hall–Kier alpha value is -1.53. The maximum Gasteiger partial charge on any atom is 0.227 e. The molecular formula is C15H15ClN2O. The van der Waals surface area contributed by atoms with E-state index in [0.29, 0.717) is 22.2 Å². The second-order valence-corrected chi connectivity index (χ2v) is 6.01. The number of benzene rings is 1. The van der Waals surface area contributed by atoms with Gasteiger partial charge in [-0.05, 0) is 49.3 Å². The first-order chi connectivity index (χ1) is 9.17. The number of carbonyl (C=O) groups excluding carboxylic acids is 1. The van der Waals surface area contributed by atoms with E-state index < -0.39 is 0 Å². The molecule has 2 saturated carbocycles. The summed E-state index contributed by atoms with van der Waals surface area (Å²) in [6.45, 7) is 0. The lowest BCUT2D eigenvalue weighted by Gasteiger charge is -2.21. The molecular weight excluding hydrogens is 260 g/mol. The van der Waals surface area contributed by atoms with Crippen molar-refractivity contribution in [1.82, 2.24) is 0 Å². The number of anilines is 1. The van der Waals surface area contributed by atoms with E-state index in [2.05, 4.69) is 11.4 Å². The summed E-state index contributed by atoms with van der Waals surface area (Å²) in [5, 5.41) is 12.5. The molecule has 0 spiro atoms. The number of hydrogen-bond donors (Lipinski definition) is 1. The van der Waals surface area contributed by atoms with Crippen LogP contribution in [0.5, 0.6) is 0 Å². The SMILES string of the molecule is N#Cc1ccc(Cl)cc1NC(=O)C1CC2CCC1C2.